The van der Waals surface area contributed by atoms with E-state index in [1.807, 2.05) is 0 Å². The number of benzene rings is 1. The number of nitrogens with two attached hydrogens (primary N) is 1. The van der Waals surface area contributed by atoms with Gasteiger partial charge in [0, 0.05) is 13.6 Å². The van der Waals surface area contributed by atoms with E-state index in [1.54, 1.807) is 11.9 Å². The van der Waals surface area contributed by atoms with Crippen molar-refractivity contribution in [2.75, 3.05) is 18.5 Å². The number of hydrogen-bond acceptors (Lipinski definition) is 4. The fourth-order valence-electron chi connectivity index (χ4n) is 2.31. The van der Waals surface area contributed by atoms with Gasteiger partial charge in [-0.1, -0.05) is 0 Å². The lowest BCUT2D eigenvalue weighted by molar-refractivity contribution is 0.0464. The molecule has 1 aliphatic carbocycles. The smallest absolute Gasteiger partial charge is 0.238 e. The van der Waals surface area contributed by atoms with Gasteiger partial charge in [-0.15, -0.1) is 0 Å². The van der Waals surface area contributed by atoms with Crippen molar-refractivity contribution in [1.29, 1.82) is 0 Å². The van der Waals surface area contributed by atoms with Gasteiger partial charge in [-0.05, 0) is 37.0 Å². The molecule has 106 valence electrons. The summed E-state index contributed by atoms with van der Waals surface area (Å²) in [5.41, 5.74) is 0.328. The van der Waals surface area contributed by atoms with Crippen LogP contribution >= 0.6 is 0 Å². The molecule has 0 atom stereocenters. The van der Waals surface area contributed by atoms with Gasteiger partial charge in [-0.2, -0.15) is 0 Å². The van der Waals surface area contributed by atoms with Crippen molar-refractivity contribution in [3.8, 4) is 0 Å². The van der Waals surface area contributed by atoms with Gasteiger partial charge in [0.2, 0.25) is 10.0 Å². The van der Waals surface area contributed by atoms with E-state index >= 15 is 0 Å². The third kappa shape index (κ3) is 3.23. The number of sulfonamides is 1. The lowest BCUT2D eigenvalue weighted by atomic mass is 9.82. The summed E-state index contributed by atoms with van der Waals surface area (Å²) in [5, 5.41) is 14.2. The van der Waals surface area contributed by atoms with Crippen molar-refractivity contribution in [3.63, 3.8) is 0 Å². The van der Waals surface area contributed by atoms with Crippen molar-refractivity contribution < 1.29 is 17.9 Å². The van der Waals surface area contributed by atoms with Gasteiger partial charge in [-0.3, -0.25) is 0 Å². The molecule has 0 unspecified atom stereocenters. The first-order valence-electron chi connectivity index (χ1n) is 5.99. The molecule has 5 nitrogen and oxygen atoms in total. The topological polar surface area (TPSA) is 83.6 Å². The summed E-state index contributed by atoms with van der Waals surface area (Å²) in [6, 6.07) is 3.63. The molecule has 0 aromatic heterocycles. The summed E-state index contributed by atoms with van der Waals surface area (Å²) in [6.45, 7) is 0.628. The average Bonchev–Trinajstić information content (AvgIpc) is 2.25. The highest BCUT2D eigenvalue weighted by atomic mass is 32.2. The first kappa shape index (κ1) is 14.2. The Balaban J connectivity index is 2.12. The predicted molar refractivity (Wildman–Crippen MR) is 69.8 cm³/mol. The monoisotopic (exact) mass is 288 g/mol. The minimum atomic E-state index is -3.88. The molecule has 19 heavy (non-hydrogen) atoms. The molecule has 1 aliphatic rings. The number of hydrogen-bond donors (Lipinski definition) is 2. The van der Waals surface area contributed by atoms with Gasteiger partial charge in [0.25, 0.3) is 0 Å². The van der Waals surface area contributed by atoms with Crippen LogP contribution in [0.3, 0.4) is 0 Å². The minimum Gasteiger partial charge on any atom is -0.393 e. The largest absolute Gasteiger partial charge is 0.393 e. The Bertz CT molecular complexity index is 570. The van der Waals surface area contributed by atoms with Gasteiger partial charge >= 0.3 is 0 Å². The van der Waals surface area contributed by atoms with E-state index in [0.29, 0.717) is 18.2 Å². The van der Waals surface area contributed by atoms with E-state index in [1.165, 1.54) is 12.1 Å². The number of anilines is 1. The Morgan fingerprint density at radius 2 is 2.11 bits per heavy atom. The van der Waals surface area contributed by atoms with Crippen LogP contribution in [-0.4, -0.2) is 33.2 Å². The van der Waals surface area contributed by atoms with Crippen LogP contribution in [0, 0.1) is 11.7 Å². The molecule has 0 heterocycles. The summed E-state index contributed by atoms with van der Waals surface area (Å²) >= 11 is 0. The number of nitrogens with zero attached hydrogens (tertiary/aromatic N) is 1. The van der Waals surface area contributed by atoms with E-state index in [2.05, 4.69) is 0 Å². The van der Waals surface area contributed by atoms with E-state index < -0.39 is 15.8 Å². The first-order valence-corrected chi connectivity index (χ1v) is 7.53. The van der Waals surface area contributed by atoms with Gasteiger partial charge in [-0.25, -0.2) is 17.9 Å². The highest BCUT2D eigenvalue weighted by molar-refractivity contribution is 7.89. The zero-order valence-electron chi connectivity index (χ0n) is 10.6. The second-order valence-electron chi connectivity index (χ2n) is 5.03. The Morgan fingerprint density at radius 3 is 2.58 bits per heavy atom. The fourth-order valence-corrected chi connectivity index (χ4v) is 2.83. The van der Waals surface area contributed by atoms with Gasteiger partial charge in [0.1, 0.15) is 5.82 Å². The summed E-state index contributed by atoms with van der Waals surface area (Å²) in [6.07, 6.45) is 1.20. The second kappa shape index (κ2) is 5.07. The van der Waals surface area contributed by atoms with Crippen LogP contribution in [0.15, 0.2) is 23.1 Å². The third-order valence-electron chi connectivity index (χ3n) is 3.40. The standard InChI is InChI=1S/C12H17FN2O3S/c1-15(7-8-4-9(16)5-8)12-3-2-10(6-11(12)13)19(14,17)18/h2-3,6,8-9,16H,4-5,7H2,1H3,(H2,14,17,18). The number of halogens is 1. The van der Waals surface area contributed by atoms with Crippen molar-refractivity contribution >= 4 is 15.7 Å². The lowest BCUT2D eigenvalue weighted by Gasteiger charge is -2.35. The highest BCUT2D eigenvalue weighted by Crippen LogP contribution is 2.30. The molecule has 0 aliphatic heterocycles. The highest BCUT2D eigenvalue weighted by Gasteiger charge is 2.28. The zero-order chi connectivity index (χ0) is 14.2. The van der Waals surface area contributed by atoms with Crippen molar-refractivity contribution in [2.24, 2.45) is 11.1 Å². The molecule has 0 amide bonds. The second-order valence-corrected chi connectivity index (χ2v) is 6.59. The molecule has 0 bridgehead atoms. The number of primary sulfonamides is 1. The van der Waals surface area contributed by atoms with E-state index in [9.17, 15) is 17.9 Å². The fraction of sp³-hybridized carbons (Fsp3) is 0.500. The molecular weight excluding hydrogens is 271 g/mol. The van der Waals surface area contributed by atoms with E-state index in [0.717, 1.165) is 18.9 Å². The summed E-state index contributed by atoms with van der Waals surface area (Å²) < 4.78 is 36.1. The number of aliphatic hydroxyl groups excluding tert-OH is 1. The van der Waals surface area contributed by atoms with Crippen molar-refractivity contribution in [3.05, 3.63) is 24.0 Å². The van der Waals surface area contributed by atoms with Gasteiger partial charge in [0.05, 0.1) is 16.7 Å². The van der Waals surface area contributed by atoms with Crippen LogP contribution < -0.4 is 10.0 Å². The van der Waals surface area contributed by atoms with Crippen LogP contribution in [0.2, 0.25) is 0 Å². The van der Waals surface area contributed by atoms with Crippen LogP contribution in [0.5, 0.6) is 0 Å². The Labute approximate surface area is 111 Å². The first-order chi connectivity index (χ1) is 8.77. The Kier molecular flexibility index (Phi) is 3.80. The van der Waals surface area contributed by atoms with Gasteiger partial charge < -0.3 is 10.0 Å². The Hall–Kier alpha value is -1.18. The predicted octanol–water partition coefficient (Wildman–Crippen LogP) is 0.680. The van der Waals surface area contributed by atoms with E-state index in [-0.39, 0.29) is 11.0 Å². The molecule has 1 saturated carbocycles. The molecule has 0 spiro atoms. The quantitative estimate of drug-likeness (QED) is 0.853. The average molecular weight is 288 g/mol. The normalized spacial score (nSPS) is 22.9. The number of rotatable bonds is 4. The van der Waals surface area contributed by atoms with Crippen LogP contribution in [0.1, 0.15) is 12.8 Å². The molecule has 1 fully saturated rings. The molecule has 7 heteroatoms. The third-order valence-corrected chi connectivity index (χ3v) is 4.31. The molecule has 3 N–H and O–H groups in total. The molecule has 0 radical (unpaired) electrons. The molecule has 1 aromatic rings. The van der Waals surface area contributed by atoms with E-state index in [4.69, 9.17) is 5.14 Å². The molecule has 2 rings (SSSR count). The van der Waals surface area contributed by atoms with Crippen molar-refractivity contribution in [2.45, 2.75) is 23.8 Å². The molecule has 1 aromatic carbocycles. The van der Waals surface area contributed by atoms with Crippen LogP contribution in [0.4, 0.5) is 10.1 Å². The zero-order valence-corrected chi connectivity index (χ0v) is 11.4. The summed E-state index contributed by atoms with van der Waals surface area (Å²) in [5.74, 6) is -0.272. The summed E-state index contributed by atoms with van der Waals surface area (Å²) in [4.78, 5) is 1.49. The Morgan fingerprint density at radius 1 is 1.47 bits per heavy atom. The summed E-state index contributed by atoms with van der Waals surface area (Å²) in [7, 11) is -2.15. The molecule has 0 saturated heterocycles. The van der Waals surface area contributed by atoms with Gasteiger partial charge in [0.15, 0.2) is 0 Å². The maximum absolute atomic E-state index is 13.9. The molecular formula is C12H17FN2O3S. The maximum atomic E-state index is 13.9. The lowest BCUT2D eigenvalue weighted by Crippen LogP contribution is -2.37. The van der Waals surface area contributed by atoms with Crippen molar-refractivity contribution in [1.82, 2.24) is 0 Å². The maximum Gasteiger partial charge on any atom is 0.238 e. The van der Waals surface area contributed by atoms with Crippen LogP contribution in [0.25, 0.3) is 0 Å². The van der Waals surface area contributed by atoms with Crippen LogP contribution in [-0.2, 0) is 10.0 Å². The SMILES string of the molecule is CN(CC1CC(O)C1)c1ccc(S(N)(=O)=O)cc1F. The minimum absolute atomic E-state index is 0.235. The number of aliphatic hydroxyl groups is 1.